The quantitative estimate of drug-likeness (QED) is 0.630. The molecule has 21 heavy (non-hydrogen) atoms. The van der Waals surface area contributed by atoms with Gasteiger partial charge in [-0.3, -0.25) is 10.1 Å². The maximum Gasteiger partial charge on any atom is 0.283 e. The van der Waals surface area contributed by atoms with Gasteiger partial charge >= 0.3 is 0 Å². The molecule has 1 heterocycles. The van der Waals surface area contributed by atoms with Gasteiger partial charge in [-0.2, -0.15) is 0 Å². The van der Waals surface area contributed by atoms with Gasteiger partial charge in [-0.1, -0.05) is 12.1 Å². The predicted octanol–water partition coefficient (Wildman–Crippen LogP) is 4.28. The number of thiazole rings is 1. The molecule has 0 saturated heterocycles. The van der Waals surface area contributed by atoms with Crippen LogP contribution in [0.2, 0.25) is 0 Å². The first kappa shape index (κ1) is 16.1. The van der Waals surface area contributed by atoms with Crippen LogP contribution in [0.4, 0.5) is 5.69 Å². The molecule has 0 aliphatic carbocycles. The van der Waals surface area contributed by atoms with Crippen LogP contribution in [0.15, 0.2) is 22.7 Å². The Morgan fingerprint density at radius 3 is 2.76 bits per heavy atom. The predicted molar refractivity (Wildman–Crippen MR) is 87.6 cm³/mol. The molecule has 5 nitrogen and oxygen atoms in total. The Morgan fingerprint density at radius 2 is 2.19 bits per heavy atom. The molecule has 2 aromatic rings. The average molecular weight is 370 g/mol. The Kier molecular flexibility index (Phi) is 5.08. The lowest BCUT2D eigenvalue weighted by Crippen LogP contribution is -2.18. The number of hydrogen-bond donors (Lipinski definition) is 1. The summed E-state index contributed by atoms with van der Waals surface area (Å²) >= 11 is 4.99. The summed E-state index contributed by atoms with van der Waals surface area (Å²) < 4.78 is 0.534. The number of rotatable bonds is 5. The van der Waals surface area contributed by atoms with Gasteiger partial charge < -0.3 is 5.32 Å². The fourth-order valence-corrected chi connectivity index (χ4v) is 3.65. The minimum absolute atomic E-state index is 0.0896. The van der Waals surface area contributed by atoms with Gasteiger partial charge in [0.1, 0.15) is 0 Å². The minimum atomic E-state index is -0.381. The standard InChI is InChI=1S/C14H16BrN3O2S/c1-8(14-9(2)17-10(3)21-14)16-7-11-5-4-6-12(13(11)15)18(19)20/h4-6,8,16H,7H2,1-3H3. The first-order chi connectivity index (χ1) is 9.90. The molecule has 1 N–H and O–H groups in total. The molecular weight excluding hydrogens is 354 g/mol. The third kappa shape index (κ3) is 3.66. The van der Waals surface area contributed by atoms with Crippen molar-refractivity contribution in [3.05, 3.63) is 53.9 Å². The normalized spacial score (nSPS) is 12.4. The van der Waals surface area contributed by atoms with E-state index in [9.17, 15) is 10.1 Å². The number of nitrogens with zero attached hydrogens (tertiary/aromatic N) is 2. The number of nitro groups is 1. The SMILES string of the molecule is Cc1nc(C)c(C(C)NCc2cccc([N+](=O)[O-])c2Br)s1. The molecule has 0 amide bonds. The summed E-state index contributed by atoms with van der Waals surface area (Å²) in [7, 11) is 0. The molecule has 1 aromatic heterocycles. The van der Waals surface area contributed by atoms with Gasteiger partial charge in [-0.25, -0.2) is 4.98 Å². The summed E-state index contributed by atoms with van der Waals surface area (Å²) in [6, 6.07) is 5.23. The summed E-state index contributed by atoms with van der Waals surface area (Å²) in [6.45, 7) is 6.62. The highest BCUT2D eigenvalue weighted by Gasteiger charge is 2.16. The Bertz CT molecular complexity index is 672. The zero-order valence-corrected chi connectivity index (χ0v) is 14.4. The third-order valence-electron chi connectivity index (χ3n) is 3.19. The van der Waals surface area contributed by atoms with Crippen molar-refractivity contribution >= 4 is 33.0 Å². The summed E-state index contributed by atoms with van der Waals surface area (Å²) in [5.74, 6) is 0. The highest BCUT2D eigenvalue weighted by Crippen LogP contribution is 2.29. The van der Waals surface area contributed by atoms with Crippen LogP contribution in [-0.2, 0) is 6.54 Å². The first-order valence-electron chi connectivity index (χ1n) is 6.49. The Morgan fingerprint density at radius 1 is 1.48 bits per heavy atom. The number of halogens is 1. The second-order valence-electron chi connectivity index (χ2n) is 4.79. The van der Waals surface area contributed by atoms with E-state index < -0.39 is 0 Å². The van der Waals surface area contributed by atoms with Gasteiger partial charge in [0, 0.05) is 23.5 Å². The molecule has 0 spiro atoms. The van der Waals surface area contributed by atoms with Crippen molar-refractivity contribution in [1.29, 1.82) is 0 Å². The third-order valence-corrected chi connectivity index (χ3v) is 5.36. The second-order valence-corrected chi connectivity index (χ2v) is 6.82. The van der Waals surface area contributed by atoms with Crippen LogP contribution in [0.25, 0.3) is 0 Å². The molecular formula is C14H16BrN3O2S. The van der Waals surface area contributed by atoms with Crippen molar-refractivity contribution in [2.75, 3.05) is 0 Å². The summed E-state index contributed by atoms with van der Waals surface area (Å²) in [4.78, 5) is 16.2. The molecule has 112 valence electrons. The lowest BCUT2D eigenvalue weighted by atomic mass is 10.1. The van der Waals surface area contributed by atoms with E-state index >= 15 is 0 Å². The number of benzene rings is 1. The van der Waals surface area contributed by atoms with Crippen LogP contribution in [0.5, 0.6) is 0 Å². The molecule has 0 aliphatic rings. The average Bonchev–Trinajstić information content (AvgIpc) is 2.76. The smallest absolute Gasteiger partial charge is 0.283 e. The molecule has 2 rings (SSSR count). The highest BCUT2D eigenvalue weighted by atomic mass is 79.9. The lowest BCUT2D eigenvalue weighted by Gasteiger charge is -2.13. The maximum absolute atomic E-state index is 10.9. The van der Waals surface area contributed by atoms with E-state index in [4.69, 9.17) is 0 Å². The zero-order chi connectivity index (χ0) is 15.6. The summed E-state index contributed by atoms with van der Waals surface area (Å²) in [5.41, 5.74) is 2.00. The minimum Gasteiger partial charge on any atom is -0.305 e. The molecule has 1 atom stereocenters. The van der Waals surface area contributed by atoms with E-state index in [1.165, 1.54) is 10.9 Å². The number of aryl methyl sites for hydroxylation is 2. The molecule has 7 heteroatoms. The Balaban J connectivity index is 2.11. The van der Waals surface area contributed by atoms with Crippen molar-refractivity contribution in [3.8, 4) is 0 Å². The molecule has 0 fully saturated rings. The van der Waals surface area contributed by atoms with Gasteiger partial charge in [0.2, 0.25) is 0 Å². The van der Waals surface area contributed by atoms with Crippen LogP contribution >= 0.6 is 27.3 Å². The van der Waals surface area contributed by atoms with Gasteiger partial charge in [0.05, 0.1) is 20.1 Å². The number of nitro benzene ring substituents is 1. The molecule has 0 radical (unpaired) electrons. The summed E-state index contributed by atoms with van der Waals surface area (Å²) in [5, 5.41) is 15.4. The van der Waals surface area contributed by atoms with Gasteiger partial charge in [0.15, 0.2) is 0 Å². The van der Waals surface area contributed by atoms with E-state index in [0.717, 1.165) is 16.3 Å². The van der Waals surface area contributed by atoms with Gasteiger partial charge in [0.25, 0.3) is 5.69 Å². The molecule has 0 aliphatic heterocycles. The first-order valence-corrected chi connectivity index (χ1v) is 8.10. The van der Waals surface area contributed by atoms with Crippen molar-refractivity contribution in [2.45, 2.75) is 33.4 Å². The van der Waals surface area contributed by atoms with E-state index in [1.807, 2.05) is 19.9 Å². The fourth-order valence-electron chi connectivity index (χ4n) is 2.15. The van der Waals surface area contributed by atoms with E-state index in [-0.39, 0.29) is 16.7 Å². The van der Waals surface area contributed by atoms with Crippen LogP contribution < -0.4 is 5.32 Å². The zero-order valence-electron chi connectivity index (χ0n) is 12.0. The van der Waals surface area contributed by atoms with E-state index in [0.29, 0.717) is 11.0 Å². The van der Waals surface area contributed by atoms with E-state index in [2.05, 4.69) is 33.2 Å². The van der Waals surface area contributed by atoms with Gasteiger partial charge in [-0.15, -0.1) is 11.3 Å². The topological polar surface area (TPSA) is 68.1 Å². The maximum atomic E-state index is 10.9. The van der Waals surface area contributed by atoms with E-state index in [1.54, 1.807) is 17.4 Å². The Labute approximate surface area is 135 Å². The molecule has 1 aromatic carbocycles. The summed E-state index contributed by atoms with van der Waals surface area (Å²) in [6.07, 6.45) is 0. The largest absolute Gasteiger partial charge is 0.305 e. The molecule has 0 saturated carbocycles. The van der Waals surface area contributed by atoms with Crippen molar-refractivity contribution in [3.63, 3.8) is 0 Å². The number of nitrogens with one attached hydrogen (secondary N) is 1. The van der Waals surface area contributed by atoms with Crippen LogP contribution in [0.3, 0.4) is 0 Å². The lowest BCUT2D eigenvalue weighted by molar-refractivity contribution is -0.385. The molecule has 1 unspecified atom stereocenters. The second kappa shape index (κ2) is 6.64. The van der Waals surface area contributed by atoms with Crippen LogP contribution in [0.1, 0.15) is 34.1 Å². The van der Waals surface area contributed by atoms with Crippen molar-refractivity contribution in [2.24, 2.45) is 0 Å². The van der Waals surface area contributed by atoms with Crippen LogP contribution in [0, 0.1) is 24.0 Å². The van der Waals surface area contributed by atoms with Crippen molar-refractivity contribution in [1.82, 2.24) is 10.3 Å². The highest BCUT2D eigenvalue weighted by molar-refractivity contribution is 9.10. The fraction of sp³-hybridized carbons (Fsp3) is 0.357. The number of aromatic nitrogens is 1. The number of hydrogen-bond acceptors (Lipinski definition) is 5. The monoisotopic (exact) mass is 369 g/mol. The molecule has 0 bridgehead atoms. The van der Waals surface area contributed by atoms with Gasteiger partial charge in [-0.05, 0) is 42.3 Å². The van der Waals surface area contributed by atoms with Crippen LogP contribution in [-0.4, -0.2) is 9.91 Å². The van der Waals surface area contributed by atoms with Crippen molar-refractivity contribution < 1.29 is 4.92 Å². The Hall–Kier alpha value is -1.31.